The molecule has 4 N–H and O–H groups in total. The van der Waals surface area contributed by atoms with Crippen molar-refractivity contribution in [2.24, 2.45) is 0 Å². The van der Waals surface area contributed by atoms with Gasteiger partial charge in [0.15, 0.2) is 17.1 Å². The monoisotopic (exact) mass is 364 g/mol. The van der Waals surface area contributed by atoms with E-state index in [2.05, 4.69) is 15.3 Å². The molecule has 2 heterocycles. The number of fused-ring (bicyclic) bond motifs is 1. The van der Waals surface area contributed by atoms with Gasteiger partial charge in [-0.1, -0.05) is 0 Å². The summed E-state index contributed by atoms with van der Waals surface area (Å²) in [5, 5.41) is 33.0. The van der Waals surface area contributed by atoms with Crippen molar-refractivity contribution in [2.75, 3.05) is 12.4 Å². The zero-order valence-electron chi connectivity index (χ0n) is 14.3. The summed E-state index contributed by atoms with van der Waals surface area (Å²) in [6.07, 6.45) is 4.93. The maximum Gasteiger partial charge on any atom is 0.200 e. The minimum Gasteiger partial charge on any atom is -0.504 e. The van der Waals surface area contributed by atoms with Gasteiger partial charge in [0.25, 0.3) is 0 Å². The molecule has 0 saturated heterocycles. The second kappa shape index (κ2) is 6.41. The normalized spacial score (nSPS) is 10.9. The van der Waals surface area contributed by atoms with Gasteiger partial charge in [0.2, 0.25) is 5.75 Å². The highest BCUT2D eigenvalue weighted by Crippen LogP contribution is 2.44. The van der Waals surface area contributed by atoms with Gasteiger partial charge in [-0.3, -0.25) is 9.38 Å². The first kappa shape index (κ1) is 16.5. The second-order valence-corrected chi connectivity index (χ2v) is 5.80. The van der Waals surface area contributed by atoms with Gasteiger partial charge in [-0.15, -0.1) is 0 Å². The van der Waals surface area contributed by atoms with Crippen LogP contribution in [0.25, 0.3) is 16.9 Å². The third-order valence-electron chi connectivity index (χ3n) is 4.17. The van der Waals surface area contributed by atoms with E-state index in [4.69, 9.17) is 4.74 Å². The third kappa shape index (κ3) is 2.82. The predicted octanol–water partition coefficient (Wildman–Crippen LogP) is 3.27. The fourth-order valence-corrected chi connectivity index (χ4v) is 2.79. The molecule has 0 saturated carbocycles. The summed E-state index contributed by atoms with van der Waals surface area (Å²) >= 11 is 0. The van der Waals surface area contributed by atoms with E-state index >= 15 is 0 Å². The van der Waals surface area contributed by atoms with Crippen LogP contribution in [-0.4, -0.2) is 36.8 Å². The summed E-state index contributed by atoms with van der Waals surface area (Å²) in [6, 6.07) is 10.1. The number of benzene rings is 2. The zero-order valence-corrected chi connectivity index (χ0v) is 14.3. The molecule has 0 spiro atoms. The van der Waals surface area contributed by atoms with Crippen LogP contribution in [0.5, 0.6) is 23.0 Å². The quantitative estimate of drug-likeness (QED) is 0.411. The number of phenolic OH excluding ortho intramolecular Hbond substituents is 3. The van der Waals surface area contributed by atoms with Crippen LogP contribution in [-0.2, 0) is 0 Å². The fourth-order valence-electron chi connectivity index (χ4n) is 2.79. The lowest BCUT2D eigenvalue weighted by molar-refractivity contribution is 0.369. The number of phenols is 3. The topological polar surface area (TPSA) is 112 Å². The number of ether oxygens (including phenoxy) is 1. The van der Waals surface area contributed by atoms with Gasteiger partial charge < -0.3 is 25.4 Å². The predicted molar refractivity (Wildman–Crippen MR) is 99.7 cm³/mol. The van der Waals surface area contributed by atoms with E-state index in [0.717, 1.165) is 11.4 Å². The lowest BCUT2D eigenvalue weighted by atomic mass is 10.1. The Bertz CT molecular complexity index is 1120. The molecule has 0 bridgehead atoms. The van der Waals surface area contributed by atoms with Crippen LogP contribution < -0.4 is 10.1 Å². The molecule has 0 aliphatic heterocycles. The number of aromatic hydroxyl groups is 3. The standard InChI is InChI=1S/C19H16N4O4/c1-27-12-4-2-11(3-5-12)21-19-16(22-15-10-20-8-9-23(15)19)13-6-7-14(24)18(26)17(13)25/h2-10,21,24-26H,1H3. The van der Waals surface area contributed by atoms with E-state index in [0.29, 0.717) is 17.2 Å². The maximum atomic E-state index is 10.3. The molecule has 136 valence electrons. The molecular weight excluding hydrogens is 348 g/mol. The summed E-state index contributed by atoms with van der Waals surface area (Å²) in [5.74, 6) is -0.171. The van der Waals surface area contributed by atoms with Crippen LogP contribution >= 0.6 is 0 Å². The molecule has 0 atom stereocenters. The zero-order chi connectivity index (χ0) is 19.0. The van der Waals surface area contributed by atoms with E-state index < -0.39 is 17.2 Å². The number of anilines is 2. The molecule has 0 fully saturated rings. The van der Waals surface area contributed by atoms with Crippen molar-refractivity contribution in [2.45, 2.75) is 0 Å². The number of methoxy groups -OCH3 is 1. The molecule has 0 aliphatic carbocycles. The molecule has 27 heavy (non-hydrogen) atoms. The van der Waals surface area contributed by atoms with Gasteiger partial charge in [0.1, 0.15) is 17.3 Å². The number of hydrogen-bond donors (Lipinski definition) is 4. The Morgan fingerprint density at radius 3 is 2.52 bits per heavy atom. The van der Waals surface area contributed by atoms with Gasteiger partial charge in [0.05, 0.1) is 13.3 Å². The van der Waals surface area contributed by atoms with Crippen molar-refractivity contribution in [3.63, 3.8) is 0 Å². The molecule has 0 unspecified atom stereocenters. The largest absolute Gasteiger partial charge is 0.504 e. The number of nitrogens with one attached hydrogen (secondary N) is 1. The summed E-state index contributed by atoms with van der Waals surface area (Å²) in [6.45, 7) is 0. The van der Waals surface area contributed by atoms with Crippen molar-refractivity contribution in [1.29, 1.82) is 0 Å². The highest BCUT2D eigenvalue weighted by atomic mass is 16.5. The first-order chi connectivity index (χ1) is 13.1. The average molecular weight is 364 g/mol. The van der Waals surface area contributed by atoms with Gasteiger partial charge >= 0.3 is 0 Å². The lowest BCUT2D eigenvalue weighted by Crippen LogP contribution is -1.97. The molecule has 8 nitrogen and oxygen atoms in total. The van der Waals surface area contributed by atoms with Crippen LogP contribution in [0.3, 0.4) is 0 Å². The number of aromatic nitrogens is 3. The number of nitrogens with zero attached hydrogens (tertiary/aromatic N) is 3. The highest BCUT2D eigenvalue weighted by molar-refractivity contribution is 5.84. The van der Waals surface area contributed by atoms with E-state index in [-0.39, 0.29) is 5.56 Å². The maximum absolute atomic E-state index is 10.3. The minimum atomic E-state index is -0.599. The van der Waals surface area contributed by atoms with Crippen molar-refractivity contribution in [3.05, 3.63) is 55.0 Å². The van der Waals surface area contributed by atoms with E-state index in [9.17, 15) is 15.3 Å². The first-order valence-electron chi connectivity index (χ1n) is 8.06. The highest BCUT2D eigenvalue weighted by Gasteiger charge is 2.20. The van der Waals surface area contributed by atoms with E-state index in [1.807, 2.05) is 24.3 Å². The van der Waals surface area contributed by atoms with Gasteiger partial charge in [0, 0.05) is 23.6 Å². The molecule has 0 amide bonds. The molecule has 2 aromatic carbocycles. The van der Waals surface area contributed by atoms with Gasteiger partial charge in [-0.2, -0.15) is 0 Å². The summed E-state index contributed by atoms with van der Waals surface area (Å²) in [7, 11) is 1.60. The smallest absolute Gasteiger partial charge is 0.200 e. The van der Waals surface area contributed by atoms with Crippen molar-refractivity contribution >= 4 is 17.2 Å². The summed E-state index contributed by atoms with van der Waals surface area (Å²) in [5.41, 5.74) is 1.99. The number of imidazole rings is 1. The van der Waals surface area contributed by atoms with Crippen molar-refractivity contribution in [1.82, 2.24) is 14.4 Å². The van der Waals surface area contributed by atoms with Crippen LogP contribution in [0.1, 0.15) is 0 Å². The molecular formula is C19H16N4O4. The number of rotatable bonds is 4. The van der Waals surface area contributed by atoms with Crippen molar-refractivity contribution < 1.29 is 20.1 Å². The van der Waals surface area contributed by atoms with Gasteiger partial charge in [-0.25, -0.2) is 4.98 Å². The summed E-state index contributed by atoms with van der Waals surface area (Å²) < 4.78 is 6.94. The van der Waals surface area contributed by atoms with Crippen LogP contribution in [0, 0.1) is 0 Å². The molecule has 0 aliphatic rings. The lowest BCUT2D eigenvalue weighted by Gasteiger charge is -2.11. The molecule has 4 rings (SSSR count). The minimum absolute atomic E-state index is 0.269. The third-order valence-corrected chi connectivity index (χ3v) is 4.17. The Hall–Kier alpha value is -3.94. The summed E-state index contributed by atoms with van der Waals surface area (Å²) in [4.78, 5) is 8.57. The molecule has 8 heteroatoms. The van der Waals surface area contributed by atoms with Crippen LogP contribution in [0.2, 0.25) is 0 Å². The van der Waals surface area contributed by atoms with Crippen LogP contribution in [0.4, 0.5) is 11.5 Å². The Balaban J connectivity index is 1.88. The molecule has 4 aromatic rings. The van der Waals surface area contributed by atoms with Crippen molar-refractivity contribution in [3.8, 4) is 34.3 Å². The van der Waals surface area contributed by atoms with Gasteiger partial charge in [-0.05, 0) is 36.4 Å². The molecule has 2 aromatic heterocycles. The average Bonchev–Trinajstić information content (AvgIpc) is 3.05. The Morgan fingerprint density at radius 1 is 1.00 bits per heavy atom. The second-order valence-electron chi connectivity index (χ2n) is 5.80. The fraction of sp³-hybridized carbons (Fsp3) is 0.0526. The Morgan fingerprint density at radius 2 is 1.78 bits per heavy atom. The van der Waals surface area contributed by atoms with E-state index in [1.165, 1.54) is 12.1 Å². The van der Waals surface area contributed by atoms with E-state index in [1.54, 1.807) is 30.1 Å². The SMILES string of the molecule is COc1ccc(Nc2c(-c3ccc(O)c(O)c3O)nc3cnccn23)cc1. The number of hydrogen-bond acceptors (Lipinski definition) is 7. The first-order valence-corrected chi connectivity index (χ1v) is 8.06. The molecule has 0 radical (unpaired) electrons. The Labute approximate surface area is 154 Å². The Kier molecular flexibility index (Phi) is 3.92. The van der Waals surface area contributed by atoms with Crippen LogP contribution in [0.15, 0.2) is 55.0 Å².